The highest BCUT2D eigenvalue weighted by atomic mass is 31.2. The number of amides is 1. The van der Waals surface area contributed by atoms with E-state index in [-0.39, 0.29) is 19.1 Å². The van der Waals surface area contributed by atoms with Crippen LogP contribution in [0.15, 0.2) is 24.3 Å². The lowest BCUT2D eigenvalue weighted by molar-refractivity contribution is -0.870. The number of hydrogen-bond donors (Lipinski definition) is 2. The quantitative estimate of drug-likeness (QED) is 0.0272. The van der Waals surface area contributed by atoms with E-state index >= 15 is 0 Å². The van der Waals surface area contributed by atoms with Crippen LogP contribution in [0, 0.1) is 0 Å². The number of phosphoric ester groups is 1. The summed E-state index contributed by atoms with van der Waals surface area (Å²) in [5.41, 5.74) is 0. The van der Waals surface area contributed by atoms with Gasteiger partial charge >= 0.3 is 0 Å². The Morgan fingerprint density at radius 2 is 0.714 bits per heavy atom. The van der Waals surface area contributed by atoms with Crippen LogP contribution in [0.2, 0.25) is 0 Å². The summed E-state index contributed by atoms with van der Waals surface area (Å²) in [6, 6.07) is -0.884. The second-order valence-corrected chi connectivity index (χ2v) is 26.3. The molecular formula is C68H135N2O6P. The molecule has 0 rings (SSSR count). The molecular weight excluding hydrogens is 972 g/mol. The van der Waals surface area contributed by atoms with Crippen LogP contribution in [-0.4, -0.2) is 68.5 Å². The van der Waals surface area contributed by atoms with Crippen molar-refractivity contribution in [3.05, 3.63) is 24.3 Å². The Morgan fingerprint density at radius 1 is 0.442 bits per heavy atom. The first-order valence-corrected chi connectivity index (χ1v) is 35.7. The van der Waals surface area contributed by atoms with Crippen molar-refractivity contribution in [1.82, 2.24) is 5.32 Å². The number of aliphatic hydroxyl groups is 1. The molecule has 77 heavy (non-hydrogen) atoms. The molecule has 8 nitrogen and oxygen atoms in total. The van der Waals surface area contributed by atoms with Gasteiger partial charge in [-0.05, 0) is 44.9 Å². The Kier molecular flexibility index (Phi) is 58.8. The van der Waals surface area contributed by atoms with Crippen molar-refractivity contribution in [2.24, 2.45) is 0 Å². The topological polar surface area (TPSA) is 108 Å². The number of phosphoric acid groups is 1. The number of allylic oxidation sites excluding steroid dienone is 3. The van der Waals surface area contributed by atoms with Crippen LogP contribution in [0.3, 0.4) is 0 Å². The van der Waals surface area contributed by atoms with Gasteiger partial charge in [0.25, 0.3) is 7.82 Å². The van der Waals surface area contributed by atoms with Crippen LogP contribution in [0.5, 0.6) is 0 Å². The van der Waals surface area contributed by atoms with Crippen molar-refractivity contribution < 1.29 is 32.9 Å². The van der Waals surface area contributed by atoms with E-state index in [0.717, 1.165) is 38.5 Å². The number of carbonyl (C=O) groups excluding carboxylic acids is 1. The maximum absolute atomic E-state index is 13.0. The first-order chi connectivity index (χ1) is 37.5. The van der Waals surface area contributed by atoms with Crippen molar-refractivity contribution in [3.8, 4) is 0 Å². The van der Waals surface area contributed by atoms with Crippen LogP contribution in [0.25, 0.3) is 0 Å². The second-order valence-electron chi connectivity index (χ2n) is 24.9. The van der Waals surface area contributed by atoms with E-state index in [1.165, 1.54) is 295 Å². The SMILES string of the molecule is CCCCCCCCCC/C=C\CCCCCCCCCCCCCCCCCCCCCCCCCCCC(=O)NC(COP(=O)([O-])OCC[N+](C)(C)C)C(O)/C=C/CCCCCCCCCCCCCCCCCC. The zero-order valence-electron chi connectivity index (χ0n) is 52.4. The highest BCUT2D eigenvalue weighted by molar-refractivity contribution is 7.45. The average molecular weight is 1110 g/mol. The Morgan fingerprint density at radius 3 is 1.01 bits per heavy atom. The summed E-state index contributed by atoms with van der Waals surface area (Å²) in [5, 5.41) is 13.9. The van der Waals surface area contributed by atoms with Gasteiger partial charge in [0.1, 0.15) is 13.2 Å². The van der Waals surface area contributed by atoms with Gasteiger partial charge < -0.3 is 28.8 Å². The molecule has 0 aromatic heterocycles. The summed E-state index contributed by atoms with van der Waals surface area (Å²) in [4.78, 5) is 25.6. The molecule has 0 spiro atoms. The minimum atomic E-state index is -4.60. The Balaban J connectivity index is 3.93. The minimum Gasteiger partial charge on any atom is -0.756 e. The van der Waals surface area contributed by atoms with E-state index in [0.29, 0.717) is 17.4 Å². The standard InChI is InChI=1S/C68H135N2O6P/c1-6-8-10-12-14-16-18-20-22-24-26-27-28-29-30-31-32-33-34-35-36-37-38-39-40-41-42-43-44-46-48-50-52-54-56-58-60-62-68(72)69-66(65-76-77(73,74)75-64-63-70(3,4)5)67(71)61-59-57-55-53-51-49-47-45-25-23-21-19-17-15-13-11-9-7-2/h24,26,59,61,66-67,71H,6-23,25,27-58,60,62-65H2,1-5H3,(H-,69,72,73,74)/b26-24-,61-59+. The van der Waals surface area contributed by atoms with Crippen molar-refractivity contribution in [3.63, 3.8) is 0 Å². The lowest BCUT2D eigenvalue weighted by Gasteiger charge is -2.29. The van der Waals surface area contributed by atoms with Gasteiger partial charge in [-0.2, -0.15) is 0 Å². The summed E-state index contributed by atoms with van der Waals surface area (Å²) in [5.74, 6) is -0.189. The van der Waals surface area contributed by atoms with Crippen molar-refractivity contribution in [1.29, 1.82) is 0 Å². The first kappa shape index (κ1) is 76.0. The number of aliphatic hydroxyl groups excluding tert-OH is 1. The zero-order valence-corrected chi connectivity index (χ0v) is 53.3. The molecule has 0 aliphatic carbocycles. The summed E-state index contributed by atoms with van der Waals surface area (Å²) in [6.45, 7) is 4.70. The van der Waals surface area contributed by atoms with Gasteiger partial charge in [-0.15, -0.1) is 0 Å². The first-order valence-electron chi connectivity index (χ1n) is 34.2. The number of hydrogen-bond acceptors (Lipinski definition) is 6. The zero-order chi connectivity index (χ0) is 56.3. The Labute approximate surface area is 481 Å². The Hall–Kier alpha value is -1.02. The summed E-state index contributed by atoms with van der Waals surface area (Å²) < 4.78 is 23.4. The molecule has 0 fully saturated rings. The number of carbonyl (C=O) groups is 1. The van der Waals surface area contributed by atoms with Crippen LogP contribution < -0.4 is 10.2 Å². The Bertz CT molecular complexity index is 1300. The molecule has 0 aromatic rings. The smallest absolute Gasteiger partial charge is 0.268 e. The molecule has 0 aromatic carbocycles. The van der Waals surface area contributed by atoms with Gasteiger partial charge in [0.05, 0.1) is 39.9 Å². The molecule has 0 heterocycles. The lowest BCUT2D eigenvalue weighted by Crippen LogP contribution is -2.45. The fourth-order valence-corrected chi connectivity index (χ4v) is 11.3. The summed E-state index contributed by atoms with van der Waals surface area (Å²) in [6.07, 6.45) is 77.3. The van der Waals surface area contributed by atoms with Gasteiger partial charge in [-0.25, -0.2) is 0 Å². The molecule has 9 heteroatoms. The third-order valence-corrected chi connectivity index (χ3v) is 16.9. The molecule has 0 radical (unpaired) electrons. The van der Waals surface area contributed by atoms with E-state index in [1.54, 1.807) is 6.08 Å². The molecule has 0 saturated heterocycles. The molecule has 3 unspecified atom stereocenters. The molecule has 458 valence electrons. The molecule has 1 amide bonds. The van der Waals surface area contributed by atoms with E-state index < -0.39 is 20.0 Å². The van der Waals surface area contributed by atoms with Gasteiger partial charge in [0, 0.05) is 6.42 Å². The molecule has 0 aliphatic heterocycles. The molecule has 0 bridgehead atoms. The molecule has 3 atom stereocenters. The normalized spacial score (nSPS) is 13.8. The third kappa shape index (κ3) is 62.4. The summed E-state index contributed by atoms with van der Waals surface area (Å²) >= 11 is 0. The fraction of sp³-hybridized carbons (Fsp3) is 0.926. The minimum absolute atomic E-state index is 0.00207. The maximum atomic E-state index is 13.0. The fourth-order valence-electron chi connectivity index (χ4n) is 10.6. The van der Waals surface area contributed by atoms with E-state index in [9.17, 15) is 19.4 Å². The number of likely N-dealkylation sites (N-methyl/N-ethyl adjacent to an activating group) is 1. The third-order valence-electron chi connectivity index (χ3n) is 15.9. The lowest BCUT2D eigenvalue weighted by atomic mass is 10.0. The molecule has 2 N–H and O–H groups in total. The monoisotopic (exact) mass is 1110 g/mol. The summed E-state index contributed by atoms with van der Waals surface area (Å²) in [7, 11) is 1.28. The highest BCUT2D eigenvalue weighted by Crippen LogP contribution is 2.38. The van der Waals surface area contributed by atoms with Crippen molar-refractivity contribution >= 4 is 13.7 Å². The van der Waals surface area contributed by atoms with Crippen LogP contribution in [-0.2, 0) is 18.4 Å². The number of quaternary nitrogens is 1. The van der Waals surface area contributed by atoms with Gasteiger partial charge in [0.15, 0.2) is 0 Å². The predicted octanol–water partition coefficient (Wildman–Crippen LogP) is 20.9. The van der Waals surface area contributed by atoms with Crippen molar-refractivity contribution in [2.75, 3.05) is 40.9 Å². The number of unbranched alkanes of at least 4 members (excludes halogenated alkanes) is 49. The largest absolute Gasteiger partial charge is 0.756 e. The van der Waals surface area contributed by atoms with E-state index in [1.807, 2.05) is 27.2 Å². The second kappa shape index (κ2) is 59.6. The maximum Gasteiger partial charge on any atom is 0.268 e. The van der Waals surface area contributed by atoms with E-state index in [4.69, 9.17) is 9.05 Å². The number of rotatable bonds is 64. The van der Waals surface area contributed by atoms with Gasteiger partial charge in [-0.3, -0.25) is 9.36 Å². The predicted molar refractivity (Wildman–Crippen MR) is 335 cm³/mol. The molecule has 0 saturated carbocycles. The van der Waals surface area contributed by atoms with Crippen LogP contribution >= 0.6 is 7.82 Å². The van der Waals surface area contributed by atoms with Gasteiger partial charge in [-0.1, -0.05) is 327 Å². The van der Waals surface area contributed by atoms with E-state index in [2.05, 4.69) is 31.3 Å². The van der Waals surface area contributed by atoms with Gasteiger partial charge in [0.2, 0.25) is 5.91 Å². The van der Waals surface area contributed by atoms with Crippen LogP contribution in [0.1, 0.15) is 354 Å². The molecule has 0 aliphatic rings. The highest BCUT2D eigenvalue weighted by Gasteiger charge is 2.23. The van der Waals surface area contributed by atoms with Crippen LogP contribution in [0.4, 0.5) is 0 Å². The number of nitrogens with zero attached hydrogens (tertiary/aromatic N) is 1. The van der Waals surface area contributed by atoms with Crippen molar-refractivity contribution in [2.45, 2.75) is 366 Å². The average Bonchev–Trinajstić information content (AvgIpc) is 3.39. The number of nitrogens with one attached hydrogen (secondary N) is 1.